The van der Waals surface area contributed by atoms with Crippen molar-refractivity contribution in [2.24, 2.45) is 0 Å². The Morgan fingerprint density at radius 2 is 1.67 bits per heavy atom. The standard InChI is InChI=1S/C24H24N2O3S/c1-3-17-12-14-19(15-13-17)29-16-18-8-4-5-9-20(18)23(27)26-24(30)25-21-10-6-7-11-22(21)28-2/h4-15H,3,16H2,1-2H3,(H2,25,26,27,30). The van der Waals surface area contributed by atoms with Crippen LogP contribution in [0.15, 0.2) is 72.8 Å². The largest absolute Gasteiger partial charge is 0.495 e. The Hall–Kier alpha value is -3.38. The summed E-state index contributed by atoms with van der Waals surface area (Å²) >= 11 is 5.30. The number of para-hydroxylation sites is 2. The topological polar surface area (TPSA) is 59.6 Å². The van der Waals surface area contributed by atoms with Crippen molar-refractivity contribution < 1.29 is 14.3 Å². The summed E-state index contributed by atoms with van der Waals surface area (Å²) in [4.78, 5) is 12.8. The molecular formula is C24H24N2O3S. The second-order valence-corrected chi connectivity index (χ2v) is 6.96. The molecule has 0 atom stereocenters. The Morgan fingerprint density at radius 1 is 0.967 bits per heavy atom. The molecule has 3 aromatic rings. The van der Waals surface area contributed by atoms with E-state index in [1.807, 2.05) is 66.7 Å². The number of anilines is 1. The molecule has 0 aliphatic heterocycles. The van der Waals surface area contributed by atoms with E-state index < -0.39 is 0 Å². The number of thiocarbonyl (C=S) groups is 1. The minimum Gasteiger partial charge on any atom is -0.495 e. The number of amides is 1. The van der Waals surface area contributed by atoms with Gasteiger partial charge in [-0.25, -0.2) is 0 Å². The fraction of sp³-hybridized carbons (Fsp3) is 0.167. The van der Waals surface area contributed by atoms with Gasteiger partial charge in [0.1, 0.15) is 18.1 Å². The molecule has 0 saturated carbocycles. The molecule has 0 fully saturated rings. The molecule has 0 aliphatic rings. The first kappa shape index (κ1) is 21.3. The first-order chi connectivity index (χ1) is 14.6. The molecule has 5 nitrogen and oxygen atoms in total. The van der Waals surface area contributed by atoms with Gasteiger partial charge in [0.05, 0.1) is 12.8 Å². The van der Waals surface area contributed by atoms with Gasteiger partial charge < -0.3 is 14.8 Å². The lowest BCUT2D eigenvalue weighted by Gasteiger charge is -2.14. The second-order valence-electron chi connectivity index (χ2n) is 6.55. The van der Waals surface area contributed by atoms with Crippen LogP contribution < -0.4 is 20.1 Å². The summed E-state index contributed by atoms with van der Waals surface area (Å²) in [5.41, 5.74) is 3.21. The third-order valence-corrected chi connectivity index (χ3v) is 4.77. The number of hydrogen-bond acceptors (Lipinski definition) is 4. The highest BCUT2D eigenvalue weighted by molar-refractivity contribution is 7.80. The van der Waals surface area contributed by atoms with Gasteiger partial charge in [-0.05, 0) is 54.5 Å². The second kappa shape index (κ2) is 10.4. The first-order valence-corrected chi connectivity index (χ1v) is 10.1. The molecule has 0 unspecified atom stereocenters. The van der Waals surface area contributed by atoms with Gasteiger partial charge >= 0.3 is 0 Å². The van der Waals surface area contributed by atoms with Gasteiger partial charge in [0.25, 0.3) is 5.91 Å². The van der Waals surface area contributed by atoms with Gasteiger partial charge in [0.2, 0.25) is 0 Å². The Morgan fingerprint density at radius 3 is 2.40 bits per heavy atom. The van der Waals surface area contributed by atoms with Gasteiger partial charge in [0.15, 0.2) is 5.11 Å². The quantitative estimate of drug-likeness (QED) is 0.529. The van der Waals surface area contributed by atoms with Crippen molar-refractivity contribution in [1.29, 1.82) is 0 Å². The molecule has 3 rings (SSSR count). The lowest BCUT2D eigenvalue weighted by atomic mass is 10.1. The summed E-state index contributed by atoms with van der Waals surface area (Å²) in [6, 6.07) is 22.6. The monoisotopic (exact) mass is 420 g/mol. The van der Waals surface area contributed by atoms with Crippen LogP contribution in [0.1, 0.15) is 28.4 Å². The number of nitrogens with one attached hydrogen (secondary N) is 2. The summed E-state index contributed by atoms with van der Waals surface area (Å²) in [5.74, 6) is 1.09. The number of rotatable bonds is 7. The van der Waals surface area contributed by atoms with E-state index in [4.69, 9.17) is 21.7 Å². The van der Waals surface area contributed by atoms with Crippen LogP contribution in [0.25, 0.3) is 0 Å². The van der Waals surface area contributed by atoms with E-state index in [-0.39, 0.29) is 17.6 Å². The summed E-state index contributed by atoms with van der Waals surface area (Å²) in [7, 11) is 1.58. The van der Waals surface area contributed by atoms with Crippen LogP contribution in [0.2, 0.25) is 0 Å². The maximum absolute atomic E-state index is 12.8. The molecule has 30 heavy (non-hydrogen) atoms. The van der Waals surface area contributed by atoms with E-state index in [0.717, 1.165) is 17.7 Å². The van der Waals surface area contributed by atoms with Crippen LogP contribution in [0.3, 0.4) is 0 Å². The summed E-state index contributed by atoms with van der Waals surface area (Å²) < 4.78 is 11.2. The molecule has 0 aromatic heterocycles. The average molecular weight is 421 g/mol. The van der Waals surface area contributed by atoms with E-state index in [1.54, 1.807) is 13.2 Å². The summed E-state index contributed by atoms with van der Waals surface area (Å²) in [6.45, 7) is 2.39. The van der Waals surface area contributed by atoms with Crippen molar-refractivity contribution in [3.63, 3.8) is 0 Å². The number of methoxy groups -OCH3 is 1. The van der Waals surface area contributed by atoms with Crippen LogP contribution in [0.5, 0.6) is 11.5 Å². The molecule has 0 heterocycles. The number of hydrogen-bond donors (Lipinski definition) is 2. The predicted octanol–water partition coefficient (Wildman–Crippen LogP) is 4.96. The molecule has 0 bridgehead atoms. The third kappa shape index (κ3) is 5.58. The highest BCUT2D eigenvalue weighted by Gasteiger charge is 2.14. The molecule has 2 N–H and O–H groups in total. The first-order valence-electron chi connectivity index (χ1n) is 9.65. The lowest BCUT2D eigenvalue weighted by Crippen LogP contribution is -2.34. The van der Waals surface area contributed by atoms with Crippen LogP contribution in [-0.4, -0.2) is 18.1 Å². The summed E-state index contributed by atoms with van der Waals surface area (Å²) in [6.07, 6.45) is 0.978. The van der Waals surface area contributed by atoms with Crippen molar-refractivity contribution in [2.75, 3.05) is 12.4 Å². The van der Waals surface area contributed by atoms with E-state index in [1.165, 1.54) is 5.56 Å². The predicted molar refractivity (Wildman–Crippen MR) is 123 cm³/mol. The lowest BCUT2D eigenvalue weighted by molar-refractivity contribution is 0.0975. The number of carbonyl (C=O) groups is 1. The molecule has 1 amide bonds. The van der Waals surface area contributed by atoms with Crippen LogP contribution >= 0.6 is 12.2 Å². The van der Waals surface area contributed by atoms with Gasteiger partial charge in [0, 0.05) is 11.1 Å². The number of carbonyl (C=O) groups excluding carboxylic acids is 1. The molecule has 154 valence electrons. The smallest absolute Gasteiger partial charge is 0.257 e. The van der Waals surface area contributed by atoms with E-state index in [2.05, 4.69) is 17.6 Å². The minimum absolute atomic E-state index is 0.190. The number of aryl methyl sites for hydroxylation is 1. The normalized spacial score (nSPS) is 10.2. The SMILES string of the molecule is CCc1ccc(OCc2ccccc2C(=O)NC(=S)Nc2ccccc2OC)cc1. The molecule has 0 radical (unpaired) electrons. The van der Waals surface area contributed by atoms with Crippen LogP contribution in [0.4, 0.5) is 5.69 Å². The molecule has 0 spiro atoms. The van der Waals surface area contributed by atoms with Crippen molar-refractivity contribution in [1.82, 2.24) is 5.32 Å². The zero-order chi connectivity index (χ0) is 21.3. The Labute approximate surface area is 182 Å². The Balaban J connectivity index is 1.65. The van der Waals surface area contributed by atoms with Crippen molar-refractivity contribution in [3.8, 4) is 11.5 Å². The van der Waals surface area contributed by atoms with Gasteiger partial charge in [-0.15, -0.1) is 0 Å². The zero-order valence-electron chi connectivity index (χ0n) is 17.0. The molecule has 3 aromatic carbocycles. The highest BCUT2D eigenvalue weighted by Crippen LogP contribution is 2.23. The maximum atomic E-state index is 12.8. The average Bonchev–Trinajstić information content (AvgIpc) is 2.78. The molecule has 0 saturated heterocycles. The number of benzene rings is 3. The molecular weight excluding hydrogens is 396 g/mol. The van der Waals surface area contributed by atoms with Crippen LogP contribution in [0, 0.1) is 0 Å². The third-order valence-electron chi connectivity index (χ3n) is 4.57. The van der Waals surface area contributed by atoms with E-state index in [9.17, 15) is 4.79 Å². The van der Waals surface area contributed by atoms with E-state index >= 15 is 0 Å². The zero-order valence-corrected chi connectivity index (χ0v) is 17.8. The minimum atomic E-state index is -0.303. The van der Waals surface area contributed by atoms with Crippen molar-refractivity contribution >= 4 is 28.9 Å². The summed E-state index contributed by atoms with van der Waals surface area (Å²) in [5, 5.41) is 5.90. The van der Waals surface area contributed by atoms with Gasteiger partial charge in [-0.2, -0.15) is 0 Å². The Bertz CT molecular complexity index is 1020. The Kier molecular flexibility index (Phi) is 7.40. The molecule has 0 aliphatic carbocycles. The fourth-order valence-corrected chi connectivity index (χ4v) is 3.12. The van der Waals surface area contributed by atoms with Gasteiger partial charge in [-0.1, -0.05) is 49.4 Å². The van der Waals surface area contributed by atoms with E-state index in [0.29, 0.717) is 17.0 Å². The van der Waals surface area contributed by atoms with Crippen molar-refractivity contribution in [3.05, 3.63) is 89.5 Å². The van der Waals surface area contributed by atoms with Crippen molar-refractivity contribution in [2.45, 2.75) is 20.0 Å². The highest BCUT2D eigenvalue weighted by atomic mass is 32.1. The number of ether oxygens (including phenoxy) is 2. The fourth-order valence-electron chi connectivity index (χ4n) is 2.92. The maximum Gasteiger partial charge on any atom is 0.257 e. The van der Waals surface area contributed by atoms with Gasteiger partial charge in [-0.3, -0.25) is 10.1 Å². The van der Waals surface area contributed by atoms with Crippen LogP contribution in [-0.2, 0) is 13.0 Å². The molecule has 6 heteroatoms.